The fourth-order valence-corrected chi connectivity index (χ4v) is 2.39. The third-order valence-electron chi connectivity index (χ3n) is 3.49. The summed E-state index contributed by atoms with van der Waals surface area (Å²) in [4.78, 5) is 24.5. The number of aryl methyl sites for hydroxylation is 1. The van der Waals surface area contributed by atoms with Crippen LogP contribution in [0.15, 0.2) is 24.3 Å². The molecule has 1 aliphatic rings. The highest BCUT2D eigenvalue weighted by Crippen LogP contribution is 2.18. The number of aliphatic carboxylic acids is 1. The number of amides is 1. The van der Waals surface area contributed by atoms with Crippen molar-refractivity contribution < 1.29 is 24.5 Å². The molecule has 1 amide bonds. The lowest BCUT2D eigenvalue weighted by atomic mass is 10.1. The minimum atomic E-state index is -0.927. The van der Waals surface area contributed by atoms with Gasteiger partial charge in [-0.05, 0) is 18.1 Å². The van der Waals surface area contributed by atoms with E-state index in [1.165, 1.54) is 0 Å². The topological polar surface area (TPSA) is 87.1 Å². The maximum absolute atomic E-state index is 12.2. The van der Waals surface area contributed by atoms with Gasteiger partial charge in [-0.25, -0.2) is 0 Å². The van der Waals surface area contributed by atoms with E-state index in [2.05, 4.69) is 0 Å². The number of aromatic hydroxyl groups is 1. The lowest BCUT2D eigenvalue weighted by Gasteiger charge is -2.32. The Morgan fingerprint density at radius 3 is 2.81 bits per heavy atom. The van der Waals surface area contributed by atoms with Gasteiger partial charge < -0.3 is 19.8 Å². The molecule has 0 aromatic heterocycles. The van der Waals surface area contributed by atoms with Crippen LogP contribution in [0.2, 0.25) is 0 Å². The number of para-hydroxylation sites is 1. The Labute approximate surface area is 122 Å². The molecule has 0 bridgehead atoms. The summed E-state index contributed by atoms with van der Waals surface area (Å²) in [6.07, 6.45) is 0.220. The summed E-state index contributed by atoms with van der Waals surface area (Å²) in [6, 6.07) is 6.93. The van der Waals surface area contributed by atoms with Gasteiger partial charge in [0, 0.05) is 19.5 Å². The molecule has 2 N–H and O–H groups in total. The zero-order chi connectivity index (χ0) is 15.2. The normalized spacial score (nSPS) is 18.5. The van der Waals surface area contributed by atoms with Crippen LogP contribution in [0.3, 0.4) is 0 Å². The first-order valence-electron chi connectivity index (χ1n) is 6.94. The van der Waals surface area contributed by atoms with E-state index in [0.717, 1.165) is 5.56 Å². The molecule has 0 saturated carbocycles. The number of phenols is 1. The SMILES string of the molecule is O=C(O)CC1CN(C(=O)CCc2ccccc2O)CCO1. The number of morpholine rings is 1. The van der Waals surface area contributed by atoms with E-state index in [1.54, 1.807) is 23.1 Å². The second kappa shape index (κ2) is 7.08. The van der Waals surface area contributed by atoms with Crippen molar-refractivity contribution in [2.24, 2.45) is 0 Å². The Balaban J connectivity index is 1.85. The van der Waals surface area contributed by atoms with Crippen LogP contribution in [0.25, 0.3) is 0 Å². The minimum absolute atomic E-state index is 0.0445. The van der Waals surface area contributed by atoms with E-state index in [4.69, 9.17) is 9.84 Å². The van der Waals surface area contributed by atoms with E-state index in [1.807, 2.05) is 6.07 Å². The number of hydrogen-bond donors (Lipinski definition) is 2. The van der Waals surface area contributed by atoms with E-state index in [9.17, 15) is 14.7 Å². The second-order valence-corrected chi connectivity index (χ2v) is 5.06. The van der Waals surface area contributed by atoms with Crippen molar-refractivity contribution in [1.82, 2.24) is 4.90 Å². The molecule has 0 aliphatic carbocycles. The van der Waals surface area contributed by atoms with Gasteiger partial charge in [0.1, 0.15) is 5.75 Å². The van der Waals surface area contributed by atoms with Crippen molar-refractivity contribution in [2.45, 2.75) is 25.4 Å². The molecule has 1 atom stereocenters. The van der Waals surface area contributed by atoms with Crippen LogP contribution in [-0.4, -0.2) is 52.8 Å². The third kappa shape index (κ3) is 4.46. The van der Waals surface area contributed by atoms with Crippen molar-refractivity contribution >= 4 is 11.9 Å². The summed E-state index contributed by atoms with van der Waals surface area (Å²) in [7, 11) is 0. The number of nitrogens with zero attached hydrogens (tertiary/aromatic N) is 1. The predicted molar refractivity (Wildman–Crippen MR) is 75.0 cm³/mol. The predicted octanol–water partition coefficient (Wildman–Crippen LogP) is 1.03. The van der Waals surface area contributed by atoms with Gasteiger partial charge in [-0.1, -0.05) is 18.2 Å². The minimum Gasteiger partial charge on any atom is -0.508 e. The van der Waals surface area contributed by atoms with Gasteiger partial charge in [0.25, 0.3) is 0 Å². The molecular formula is C15H19NO5. The maximum atomic E-state index is 12.2. The number of carbonyl (C=O) groups is 2. The van der Waals surface area contributed by atoms with Crippen LogP contribution in [-0.2, 0) is 20.7 Å². The molecule has 21 heavy (non-hydrogen) atoms. The highest BCUT2D eigenvalue weighted by Gasteiger charge is 2.25. The third-order valence-corrected chi connectivity index (χ3v) is 3.49. The highest BCUT2D eigenvalue weighted by atomic mass is 16.5. The van der Waals surface area contributed by atoms with Crippen molar-refractivity contribution in [3.8, 4) is 5.75 Å². The Morgan fingerprint density at radius 2 is 2.10 bits per heavy atom. The molecule has 1 aliphatic heterocycles. The monoisotopic (exact) mass is 293 g/mol. The first-order valence-corrected chi connectivity index (χ1v) is 6.94. The number of phenolic OH excluding ortho intramolecular Hbond substituents is 1. The summed E-state index contributed by atoms with van der Waals surface area (Å²) in [5.41, 5.74) is 0.737. The molecule has 114 valence electrons. The average molecular weight is 293 g/mol. The number of carboxylic acid groups (broad SMARTS) is 1. The van der Waals surface area contributed by atoms with Crippen LogP contribution in [0.1, 0.15) is 18.4 Å². The molecule has 1 saturated heterocycles. The molecule has 1 fully saturated rings. The summed E-state index contributed by atoms with van der Waals surface area (Å²) in [6.45, 7) is 1.15. The lowest BCUT2D eigenvalue weighted by molar-refractivity contribution is -0.147. The standard InChI is InChI=1S/C15H19NO5/c17-13-4-2-1-3-11(13)5-6-14(18)16-7-8-21-12(10-16)9-15(19)20/h1-4,12,17H,5-10H2,(H,19,20). The van der Waals surface area contributed by atoms with Crippen LogP contribution < -0.4 is 0 Å². The number of carbonyl (C=O) groups excluding carboxylic acids is 1. The van der Waals surface area contributed by atoms with Gasteiger partial charge >= 0.3 is 5.97 Å². The van der Waals surface area contributed by atoms with Crippen molar-refractivity contribution in [3.63, 3.8) is 0 Å². The van der Waals surface area contributed by atoms with Gasteiger partial charge in [0.15, 0.2) is 0 Å². The summed E-state index contributed by atoms with van der Waals surface area (Å²) in [5, 5.41) is 18.4. The highest BCUT2D eigenvalue weighted by molar-refractivity contribution is 5.77. The molecule has 0 radical (unpaired) electrons. The second-order valence-electron chi connectivity index (χ2n) is 5.06. The van der Waals surface area contributed by atoms with Crippen molar-refractivity contribution in [1.29, 1.82) is 0 Å². The number of rotatable bonds is 5. The molecule has 1 aromatic rings. The first-order chi connectivity index (χ1) is 10.1. The van der Waals surface area contributed by atoms with Crippen molar-refractivity contribution in [3.05, 3.63) is 29.8 Å². The first kappa shape index (κ1) is 15.3. The molecule has 0 spiro atoms. The molecule has 6 heteroatoms. The smallest absolute Gasteiger partial charge is 0.306 e. The zero-order valence-corrected chi connectivity index (χ0v) is 11.7. The van der Waals surface area contributed by atoms with E-state index >= 15 is 0 Å². The van der Waals surface area contributed by atoms with E-state index in [-0.39, 0.29) is 24.5 Å². The van der Waals surface area contributed by atoms with Gasteiger partial charge in [-0.2, -0.15) is 0 Å². The average Bonchev–Trinajstić information content (AvgIpc) is 2.45. The number of ether oxygens (including phenoxy) is 1. The Morgan fingerprint density at radius 1 is 1.33 bits per heavy atom. The van der Waals surface area contributed by atoms with Crippen LogP contribution >= 0.6 is 0 Å². The van der Waals surface area contributed by atoms with Gasteiger partial charge in [0.2, 0.25) is 5.91 Å². The Bertz CT molecular complexity index is 517. The number of carboxylic acids is 1. The largest absolute Gasteiger partial charge is 0.508 e. The lowest BCUT2D eigenvalue weighted by Crippen LogP contribution is -2.46. The van der Waals surface area contributed by atoms with Crippen LogP contribution in [0.4, 0.5) is 0 Å². The van der Waals surface area contributed by atoms with E-state index < -0.39 is 12.1 Å². The summed E-state index contributed by atoms with van der Waals surface area (Å²) >= 11 is 0. The van der Waals surface area contributed by atoms with Gasteiger partial charge in [-0.15, -0.1) is 0 Å². The van der Waals surface area contributed by atoms with Crippen molar-refractivity contribution in [2.75, 3.05) is 19.7 Å². The summed E-state index contributed by atoms with van der Waals surface area (Å²) < 4.78 is 5.34. The van der Waals surface area contributed by atoms with Crippen LogP contribution in [0.5, 0.6) is 5.75 Å². The zero-order valence-electron chi connectivity index (χ0n) is 11.7. The molecule has 1 unspecified atom stereocenters. The molecule has 1 aromatic carbocycles. The fraction of sp³-hybridized carbons (Fsp3) is 0.467. The van der Waals surface area contributed by atoms with Gasteiger partial charge in [-0.3, -0.25) is 9.59 Å². The van der Waals surface area contributed by atoms with E-state index in [0.29, 0.717) is 26.1 Å². The summed E-state index contributed by atoms with van der Waals surface area (Å²) in [5.74, 6) is -0.781. The Kier molecular flexibility index (Phi) is 5.16. The molecule has 1 heterocycles. The molecule has 6 nitrogen and oxygen atoms in total. The van der Waals surface area contributed by atoms with Gasteiger partial charge in [0.05, 0.1) is 19.1 Å². The van der Waals surface area contributed by atoms with Crippen LogP contribution in [0, 0.1) is 0 Å². The number of hydrogen-bond acceptors (Lipinski definition) is 4. The molecule has 2 rings (SSSR count). The Hall–Kier alpha value is -2.08. The number of benzene rings is 1. The maximum Gasteiger partial charge on any atom is 0.306 e. The molecular weight excluding hydrogens is 274 g/mol. The fourth-order valence-electron chi connectivity index (χ4n) is 2.39. The quantitative estimate of drug-likeness (QED) is 0.846.